The van der Waals surface area contributed by atoms with E-state index in [1.54, 1.807) is 0 Å². The molecule has 0 radical (unpaired) electrons. The fourth-order valence-corrected chi connectivity index (χ4v) is 2.36. The van der Waals surface area contributed by atoms with Gasteiger partial charge in [-0.1, -0.05) is 10.3 Å². The van der Waals surface area contributed by atoms with Crippen LogP contribution in [0.15, 0.2) is 4.63 Å². The Labute approximate surface area is 112 Å². The van der Waals surface area contributed by atoms with Crippen molar-refractivity contribution in [3.8, 4) is 0 Å². The Kier molecular flexibility index (Phi) is 4.86. The molecular formula is C12H21N5O2. The van der Waals surface area contributed by atoms with E-state index in [-0.39, 0.29) is 11.8 Å². The van der Waals surface area contributed by atoms with E-state index in [1.165, 1.54) is 0 Å². The largest absolute Gasteiger partial charge is 0.355 e. The van der Waals surface area contributed by atoms with Gasteiger partial charge in [0.05, 0.1) is 5.92 Å². The predicted molar refractivity (Wildman–Crippen MR) is 69.1 cm³/mol. The maximum atomic E-state index is 11.9. The van der Waals surface area contributed by atoms with Gasteiger partial charge < -0.3 is 11.1 Å². The number of aromatic nitrogens is 2. The number of hydrogen-bond donors (Lipinski definition) is 2. The molecule has 2 heterocycles. The van der Waals surface area contributed by atoms with Crippen LogP contribution in [0.5, 0.6) is 0 Å². The Morgan fingerprint density at radius 3 is 3.11 bits per heavy atom. The third kappa shape index (κ3) is 3.74. The number of likely N-dealkylation sites (tertiary alicyclic amines) is 1. The van der Waals surface area contributed by atoms with Crippen LogP contribution in [0.3, 0.4) is 0 Å². The van der Waals surface area contributed by atoms with Crippen molar-refractivity contribution in [3.63, 3.8) is 0 Å². The Hall–Kier alpha value is -1.47. The van der Waals surface area contributed by atoms with Gasteiger partial charge in [0.1, 0.15) is 11.4 Å². The van der Waals surface area contributed by atoms with Crippen LogP contribution < -0.4 is 11.1 Å². The molecule has 1 aliphatic rings. The summed E-state index contributed by atoms with van der Waals surface area (Å²) in [5.74, 6) is 0.144. The number of carbonyl (C=O) groups is 1. The van der Waals surface area contributed by atoms with E-state index in [0.29, 0.717) is 19.6 Å². The molecule has 106 valence electrons. The fraction of sp³-hybridized carbons (Fsp3) is 0.750. The van der Waals surface area contributed by atoms with Crippen molar-refractivity contribution in [2.24, 2.45) is 11.7 Å². The zero-order valence-corrected chi connectivity index (χ0v) is 11.3. The Balaban J connectivity index is 1.86. The first-order valence-electron chi connectivity index (χ1n) is 6.69. The highest BCUT2D eigenvalue weighted by molar-refractivity contribution is 5.78. The molecular weight excluding hydrogens is 246 g/mol. The van der Waals surface area contributed by atoms with Gasteiger partial charge in [-0.2, -0.15) is 0 Å². The van der Waals surface area contributed by atoms with Crippen LogP contribution in [-0.2, 0) is 11.3 Å². The molecule has 0 aliphatic carbocycles. The van der Waals surface area contributed by atoms with Gasteiger partial charge in [-0.3, -0.25) is 9.69 Å². The van der Waals surface area contributed by atoms with Crippen molar-refractivity contribution in [2.75, 3.05) is 26.2 Å². The van der Waals surface area contributed by atoms with Gasteiger partial charge in [0.25, 0.3) is 0 Å². The molecule has 1 aromatic rings. The van der Waals surface area contributed by atoms with Crippen LogP contribution >= 0.6 is 0 Å². The molecule has 1 saturated heterocycles. The number of amides is 1. The average Bonchev–Trinajstić information content (AvgIpc) is 2.82. The lowest BCUT2D eigenvalue weighted by Crippen LogP contribution is -2.43. The van der Waals surface area contributed by atoms with Crippen LogP contribution in [0.1, 0.15) is 24.2 Å². The Bertz CT molecular complexity index is 420. The van der Waals surface area contributed by atoms with Gasteiger partial charge in [0.2, 0.25) is 5.91 Å². The van der Waals surface area contributed by atoms with Crippen molar-refractivity contribution >= 4 is 5.91 Å². The van der Waals surface area contributed by atoms with Crippen molar-refractivity contribution < 1.29 is 9.42 Å². The number of nitrogens with zero attached hydrogens (tertiary/aromatic N) is 3. The number of aryl methyl sites for hydroxylation is 1. The Morgan fingerprint density at radius 2 is 2.42 bits per heavy atom. The van der Waals surface area contributed by atoms with Gasteiger partial charge >= 0.3 is 0 Å². The van der Waals surface area contributed by atoms with Gasteiger partial charge in [-0.05, 0) is 26.3 Å². The third-order valence-electron chi connectivity index (χ3n) is 3.44. The van der Waals surface area contributed by atoms with Gasteiger partial charge in [0, 0.05) is 26.2 Å². The first-order valence-corrected chi connectivity index (χ1v) is 6.69. The van der Waals surface area contributed by atoms with Crippen molar-refractivity contribution in [2.45, 2.75) is 26.3 Å². The van der Waals surface area contributed by atoms with Crippen LogP contribution in [0.25, 0.3) is 0 Å². The number of hydrogen-bond acceptors (Lipinski definition) is 6. The Morgan fingerprint density at radius 1 is 1.58 bits per heavy atom. The second-order valence-electron chi connectivity index (χ2n) is 4.95. The second kappa shape index (κ2) is 6.63. The molecule has 0 aromatic carbocycles. The molecule has 7 nitrogen and oxygen atoms in total. The molecule has 0 saturated carbocycles. The monoisotopic (exact) mass is 267 g/mol. The molecule has 1 atom stereocenters. The van der Waals surface area contributed by atoms with E-state index >= 15 is 0 Å². The summed E-state index contributed by atoms with van der Waals surface area (Å²) in [6.07, 6.45) is 1.95. The molecule has 1 fully saturated rings. The van der Waals surface area contributed by atoms with Crippen molar-refractivity contribution in [1.82, 2.24) is 20.5 Å². The van der Waals surface area contributed by atoms with E-state index in [1.807, 2.05) is 6.92 Å². The van der Waals surface area contributed by atoms with Crippen LogP contribution in [0.4, 0.5) is 0 Å². The lowest BCUT2D eigenvalue weighted by atomic mass is 9.97. The van der Waals surface area contributed by atoms with E-state index in [0.717, 1.165) is 37.3 Å². The third-order valence-corrected chi connectivity index (χ3v) is 3.44. The number of rotatable bonds is 5. The number of nitrogens with two attached hydrogens (primary N) is 1. The molecule has 7 heteroatoms. The molecule has 0 spiro atoms. The van der Waals surface area contributed by atoms with Crippen LogP contribution in [-0.4, -0.2) is 47.3 Å². The molecule has 1 unspecified atom stereocenters. The zero-order valence-electron chi connectivity index (χ0n) is 11.3. The second-order valence-corrected chi connectivity index (χ2v) is 4.95. The van der Waals surface area contributed by atoms with E-state index in [9.17, 15) is 4.79 Å². The van der Waals surface area contributed by atoms with Crippen molar-refractivity contribution in [3.05, 3.63) is 11.4 Å². The highest BCUT2D eigenvalue weighted by Gasteiger charge is 2.26. The summed E-state index contributed by atoms with van der Waals surface area (Å²) in [6, 6.07) is 0. The fourth-order valence-electron chi connectivity index (χ4n) is 2.36. The van der Waals surface area contributed by atoms with E-state index < -0.39 is 0 Å². The summed E-state index contributed by atoms with van der Waals surface area (Å²) in [4.78, 5) is 14.2. The van der Waals surface area contributed by atoms with Crippen molar-refractivity contribution in [1.29, 1.82) is 0 Å². The minimum absolute atomic E-state index is 0.0421. The first-order chi connectivity index (χ1) is 9.20. The standard InChI is InChI=1S/C12H21N5O2/c1-9-11(16-19-15-9)8-17-6-2-3-10(7-17)12(18)14-5-4-13/h10H,2-8,13H2,1H3,(H,14,18). The average molecular weight is 267 g/mol. The molecule has 1 aliphatic heterocycles. The number of nitrogens with one attached hydrogen (secondary N) is 1. The summed E-state index contributed by atoms with van der Waals surface area (Å²) in [5, 5.41) is 10.5. The molecule has 1 amide bonds. The summed E-state index contributed by atoms with van der Waals surface area (Å²) in [6.45, 7) is 5.32. The van der Waals surface area contributed by atoms with Gasteiger partial charge in [0.15, 0.2) is 0 Å². The molecule has 2 rings (SSSR count). The summed E-state index contributed by atoms with van der Waals surface area (Å²) in [7, 11) is 0. The summed E-state index contributed by atoms with van der Waals surface area (Å²) >= 11 is 0. The predicted octanol–water partition coefficient (Wildman–Crippen LogP) is -0.335. The maximum Gasteiger partial charge on any atom is 0.224 e. The number of carbonyl (C=O) groups excluding carboxylic acids is 1. The molecule has 0 bridgehead atoms. The van der Waals surface area contributed by atoms with E-state index in [4.69, 9.17) is 10.4 Å². The minimum Gasteiger partial charge on any atom is -0.355 e. The first kappa shape index (κ1) is 14.0. The SMILES string of the molecule is Cc1nonc1CN1CCCC(C(=O)NCCN)C1. The lowest BCUT2D eigenvalue weighted by molar-refractivity contribution is -0.126. The topological polar surface area (TPSA) is 97.3 Å². The van der Waals surface area contributed by atoms with E-state index in [2.05, 4.69) is 20.5 Å². The molecule has 1 aromatic heterocycles. The summed E-state index contributed by atoms with van der Waals surface area (Å²) in [5.41, 5.74) is 7.05. The smallest absolute Gasteiger partial charge is 0.224 e. The highest BCUT2D eigenvalue weighted by atomic mass is 16.6. The van der Waals surface area contributed by atoms with Gasteiger partial charge in [-0.15, -0.1) is 0 Å². The highest BCUT2D eigenvalue weighted by Crippen LogP contribution is 2.18. The number of piperidine rings is 1. The normalized spacial score (nSPS) is 20.4. The lowest BCUT2D eigenvalue weighted by Gasteiger charge is -2.31. The maximum absolute atomic E-state index is 11.9. The van der Waals surface area contributed by atoms with Crippen LogP contribution in [0.2, 0.25) is 0 Å². The quantitative estimate of drug-likeness (QED) is 0.758. The van der Waals surface area contributed by atoms with Crippen LogP contribution in [0, 0.1) is 12.8 Å². The molecule has 3 N–H and O–H groups in total. The molecule has 19 heavy (non-hydrogen) atoms. The minimum atomic E-state index is 0.0421. The summed E-state index contributed by atoms with van der Waals surface area (Å²) < 4.78 is 4.69. The van der Waals surface area contributed by atoms with Gasteiger partial charge in [-0.25, -0.2) is 4.63 Å². The zero-order chi connectivity index (χ0) is 13.7.